The molecule has 1 aliphatic heterocycles. The van der Waals surface area contributed by atoms with Gasteiger partial charge in [0.05, 0.1) is 18.7 Å². The Morgan fingerprint density at radius 2 is 2.07 bits per heavy atom. The highest BCUT2D eigenvalue weighted by molar-refractivity contribution is 7.89. The van der Waals surface area contributed by atoms with Gasteiger partial charge in [0.1, 0.15) is 23.0 Å². The summed E-state index contributed by atoms with van der Waals surface area (Å²) in [6, 6.07) is 7.25. The van der Waals surface area contributed by atoms with Gasteiger partial charge < -0.3 is 14.5 Å². The molecule has 0 spiro atoms. The Morgan fingerprint density at radius 1 is 1.28 bits per heavy atom. The Morgan fingerprint density at radius 3 is 2.86 bits per heavy atom. The van der Waals surface area contributed by atoms with Crippen LogP contribution in [0.4, 0.5) is 4.39 Å². The molecule has 0 unspecified atom stereocenters. The van der Waals surface area contributed by atoms with E-state index in [0.29, 0.717) is 29.7 Å². The Balaban J connectivity index is 1.48. The van der Waals surface area contributed by atoms with E-state index in [1.54, 1.807) is 12.1 Å². The first-order chi connectivity index (χ1) is 14.0. The van der Waals surface area contributed by atoms with Crippen LogP contribution in [0.2, 0.25) is 0 Å². The van der Waals surface area contributed by atoms with Crippen LogP contribution in [0, 0.1) is 5.82 Å². The number of sulfonamides is 1. The van der Waals surface area contributed by atoms with E-state index in [4.69, 9.17) is 9.47 Å². The second-order valence-electron chi connectivity index (χ2n) is 6.45. The van der Waals surface area contributed by atoms with E-state index in [-0.39, 0.29) is 30.3 Å². The molecule has 0 radical (unpaired) electrons. The van der Waals surface area contributed by atoms with Crippen molar-refractivity contribution in [1.29, 1.82) is 0 Å². The van der Waals surface area contributed by atoms with Crippen molar-refractivity contribution in [2.45, 2.75) is 11.5 Å². The van der Waals surface area contributed by atoms with E-state index >= 15 is 0 Å². The van der Waals surface area contributed by atoms with Gasteiger partial charge in [0.25, 0.3) is 0 Å². The minimum absolute atomic E-state index is 0.0104. The van der Waals surface area contributed by atoms with Crippen molar-refractivity contribution in [3.63, 3.8) is 0 Å². The largest absolute Gasteiger partial charge is 0.456 e. The average Bonchev–Trinajstić information content (AvgIpc) is 3.25. The monoisotopic (exact) mass is 419 g/mol. The molecule has 152 valence electrons. The summed E-state index contributed by atoms with van der Waals surface area (Å²) in [5, 5.41) is 0.333. The molecule has 29 heavy (non-hydrogen) atoms. The number of hydrogen-bond donors (Lipinski definition) is 1. The molecule has 0 saturated carbocycles. The number of hydrogen-bond acceptors (Lipinski definition) is 6. The molecule has 1 saturated heterocycles. The van der Waals surface area contributed by atoms with Crippen LogP contribution in [-0.4, -0.2) is 55.0 Å². The summed E-state index contributed by atoms with van der Waals surface area (Å²) in [5.41, 5.74) is 0.960. The van der Waals surface area contributed by atoms with Crippen molar-refractivity contribution in [2.75, 3.05) is 26.3 Å². The van der Waals surface area contributed by atoms with Crippen LogP contribution in [0.5, 0.6) is 0 Å². The van der Waals surface area contributed by atoms with Crippen LogP contribution >= 0.6 is 0 Å². The second kappa shape index (κ2) is 7.90. The molecule has 0 amide bonds. The number of nitrogens with one attached hydrogen (secondary N) is 1. The van der Waals surface area contributed by atoms with E-state index in [2.05, 4.69) is 9.97 Å². The second-order valence-corrected chi connectivity index (χ2v) is 8.39. The standard InChI is InChI=1S/C19H18FN3O5S/c20-16-4-3-13(18-15(16)2-1-5-21-18)12-28-19(24)17-10-14(11-22-17)29(25,26)23-6-8-27-9-7-23/h1-5,10-11,22H,6-9,12H2. The summed E-state index contributed by atoms with van der Waals surface area (Å²) < 4.78 is 50.9. The predicted octanol–water partition coefficient (Wildman–Crippen LogP) is 2.08. The van der Waals surface area contributed by atoms with Gasteiger partial charge in [-0.1, -0.05) is 6.07 Å². The SMILES string of the molecule is O=C(OCc1ccc(F)c2cccnc12)c1cc(S(=O)(=O)N2CCOCC2)c[nH]1. The zero-order valence-corrected chi connectivity index (χ0v) is 16.1. The number of halogens is 1. The minimum Gasteiger partial charge on any atom is -0.456 e. The third-order valence-electron chi connectivity index (χ3n) is 4.64. The van der Waals surface area contributed by atoms with Gasteiger partial charge in [-0.2, -0.15) is 4.31 Å². The van der Waals surface area contributed by atoms with Gasteiger partial charge in [0, 0.05) is 36.4 Å². The number of H-pyrrole nitrogens is 1. The smallest absolute Gasteiger partial charge is 0.355 e. The number of carbonyl (C=O) groups is 1. The van der Waals surface area contributed by atoms with E-state index in [1.807, 2.05) is 0 Å². The fourth-order valence-electron chi connectivity index (χ4n) is 3.11. The van der Waals surface area contributed by atoms with Crippen molar-refractivity contribution in [1.82, 2.24) is 14.3 Å². The Labute approximate surface area is 166 Å². The van der Waals surface area contributed by atoms with Crippen LogP contribution in [-0.2, 0) is 26.1 Å². The van der Waals surface area contributed by atoms with Gasteiger partial charge in [-0.15, -0.1) is 0 Å². The molecule has 1 N–H and O–H groups in total. The highest BCUT2D eigenvalue weighted by atomic mass is 32.2. The maximum absolute atomic E-state index is 13.9. The van der Waals surface area contributed by atoms with Crippen LogP contribution in [0.1, 0.15) is 16.1 Å². The number of nitrogens with zero attached hydrogens (tertiary/aromatic N) is 2. The Kier molecular flexibility index (Phi) is 5.31. The first kappa shape index (κ1) is 19.5. The highest BCUT2D eigenvalue weighted by Gasteiger charge is 2.28. The number of morpholine rings is 1. The van der Waals surface area contributed by atoms with E-state index in [0.717, 1.165) is 0 Å². The number of ether oxygens (including phenoxy) is 2. The lowest BCUT2D eigenvalue weighted by molar-refractivity contribution is 0.0468. The van der Waals surface area contributed by atoms with E-state index in [9.17, 15) is 17.6 Å². The topological polar surface area (TPSA) is 102 Å². The molecule has 4 rings (SSSR count). The predicted molar refractivity (Wildman–Crippen MR) is 101 cm³/mol. The van der Waals surface area contributed by atoms with Crippen LogP contribution in [0.3, 0.4) is 0 Å². The number of fused-ring (bicyclic) bond motifs is 1. The van der Waals surface area contributed by atoms with Crippen molar-refractivity contribution in [3.8, 4) is 0 Å². The van der Waals surface area contributed by atoms with Gasteiger partial charge in [0.2, 0.25) is 10.0 Å². The van der Waals surface area contributed by atoms with Crippen molar-refractivity contribution < 1.29 is 27.1 Å². The van der Waals surface area contributed by atoms with Gasteiger partial charge >= 0.3 is 5.97 Å². The first-order valence-corrected chi connectivity index (χ1v) is 10.4. The molecule has 1 aliphatic rings. The molecule has 0 aliphatic carbocycles. The minimum atomic E-state index is -3.71. The number of pyridine rings is 1. The molecule has 10 heteroatoms. The van der Waals surface area contributed by atoms with Gasteiger partial charge in [0.15, 0.2) is 0 Å². The van der Waals surface area contributed by atoms with Gasteiger partial charge in [-0.05, 0) is 24.3 Å². The lowest BCUT2D eigenvalue weighted by atomic mass is 10.1. The van der Waals surface area contributed by atoms with Crippen LogP contribution in [0.25, 0.3) is 10.9 Å². The van der Waals surface area contributed by atoms with Crippen molar-refractivity contribution in [2.24, 2.45) is 0 Å². The van der Waals surface area contributed by atoms with Crippen molar-refractivity contribution in [3.05, 3.63) is 59.8 Å². The molecule has 1 fully saturated rings. The average molecular weight is 419 g/mol. The zero-order valence-electron chi connectivity index (χ0n) is 15.3. The number of carbonyl (C=O) groups excluding carboxylic acids is 1. The maximum atomic E-state index is 13.9. The molecular formula is C19H18FN3O5S. The summed E-state index contributed by atoms with van der Waals surface area (Å²) in [6.45, 7) is 1.06. The summed E-state index contributed by atoms with van der Waals surface area (Å²) in [6.07, 6.45) is 2.79. The molecule has 8 nitrogen and oxygen atoms in total. The van der Waals surface area contributed by atoms with E-state index in [1.165, 1.54) is 34.9 Å². The lowest BCUT2D eigenvalue weighted by Gasteiger charge is -2.25. The third kappa shape index (κ3) is 3.86. The Bertz CT molecular complexity index is 1160. The van der Waals surface area contributed by atoms with E-state index < -0.39 is 21.8 Å². The molecule has 0 atom stereocenters. The lowest BCUT2D eigenvalue weighted by Crippen LogP contribution is -2.40. The number of benzene rings is 1. The molecule has 1 aromatic carbocycles. The maximum Gasteiger partial charge on any atom is 0.355 e. The quantitative estimate of drug-likeness (QED) is 0.636. The van der Waals surface area contributed by atoms with Gasteiger partial charge in [-0.3, -0.25) is 4.98 Å². The number of esters is 1. The number of aromatic amines is 1. The number of rotatable bonds is 5. The third-order valence-corrected chi connectivity index (χ3v) is 6.52. The fraction of sp³-hybridized carbons (Fsp3) is 0.263. The summed E-state index contributed by atoms with van der Waals surface area (Å²) in [5.74, 6) is -1.13. The van der Waals surface area contributed by atoms with Crippen molar-refractivity contribution >= 4 is 26.9 Å². The molecule has 2 aromatic heterocycles. The van der Waals surface area contributed by atoms with Crippen LogP contribution < -0.4 is 0 Å². The van der Waals surface area contributed by atoms with Gasteiger partial charge in [-0.25, -0.2) is 17.6 Å². The molecular weight excluding hydrogens is 401 g/mol. The fourth-order valence-corrected chi connectivity index (χ4v) is 4.51. The highest BCUT2D eigenvalue weighted by Crippen LogP contribution is 2.22. The molecule has 3 aromatic rings. The van der Waals surface area contributed by atoms with Crippen LogP contribution in [0.15, 0.2) is 47.6 Å². The summed E-state index contributed by atoms with van der Waals surface area (Å²) in [4.78, 5) is 19.1. The Hall–Kier alpha value is -2.82. The number of aromatic nitrogens is 2. The summed E-state index contributed by atoms with van der Waals surface area (Å²) >= 11 is 0. The normalized spacial score (nSPS) is 15.5. The summed E-state index contributed by atoms with van der Waals surface area (Å²) in [7, 11) is -3.71. The molecule has 0 bridgehead atoms. The first-order valence-electron chi connectivity index (χ1n) is 8.92. The molecule has 3 heterocycles. The zero-order chi connectivity index (χ0) is 20.4.